The van der Waals surface area contributed by atoms with Gasteiger partial charge in [-0.3, -0.25) is 0 Å². The standard InChI is InChI=1S/C18H29NO/c1-14(2)16-6-8-17(9-7-16)18(20)10-12-19-11-4-5-15(3)13-19/h6-9,14-15,18,20H,4-5,10-13H2,1-3H3. The first-order valence-electron chi connectivity index (χ1n) is 8.06. The van der Waals surface area contributed by atoms with Gasteiger partial charge in [0, 0.05) is 13.1 Å². The van der Waals surface area contributed by atoms with Gasteiger partial charge in [-0.05, 0) is 48.8 Å². The average molecular weight is 275 g/mol. The molecule has 112 valence electrons. The Balaban J connectivity index is 1.83. The van der Waals surface area contributed by atoms with Gasteiger partial charge in [0.25, 0.3) is 0 Å². The van der Waals surface area contributed by atoms with Gasteiger partial charge < -0.3 is 10.0 Å². The summed E-state index contributed by atoms with van der Waals surface area (Å²) in [5.41, 5.74) is 2.39. The fraction of sp³-hybridized carbons (Fsp3) is 0.667. The number of likely N-dealkylation sites (tertiary alicyclic amines) is 1. The number of nitrogens with zero attached hydrogens (tertiary/aromatic N) is 1. The van der Waals surface area contributed by atoms with Crippen LogP contribution in [-0.4, -0.2) is 29.6 Å². The summed E-state index contributed by atoms with van der Waals surface area (Å²) in [6.07, 6.45) is 3.18. The first kappa shape index (κ1) is 15.5. The largest absolute Gasteiger partial charge is 0.388 e. The third kappa shape index (κ3) is 4.32. The van der Waals surface area contributed by atoms with Gasteiger partial charge in [0.1, 0.15) is 0 Å². The van der Waals surface area contributed by atoms with Crippen molar-refractivity contribution in [3.8, 4) is 0 Å². The number of aliphatic hydroxyl groups is 1. The Bertz CT molecular complexity index is 398. The van der Waals surface area contributed by atoms with Crippen molar-refractivity contribution in [2.24, 2.45) is 5.92 Å². The van der Waals surface area contributed by atoms with Crippen molar-refractivity contribution >= 4 is 0 Å². The van der Waals surface area contributed by atoms with Crippen molar-refractivity contribution in [1.82, 2.24) is 4.90 Å². The summed E-state index contributed by atoms with van der Waals surface area (Å²) in [6, 6.07) is 8.45. The summed E-state index contributed by atoms with van der Waals surface area (Å²) >= 11 is 0. The Labute approximate surface area is 123 Å². The van der Waals surface area contributed by atoms with Crippen LogP contribution in [0.3, 0.4) is 0 Å². The van der Waals surface area contributed by atoms with E-state index in [1.807, 2.05) is 0 Å². The summed E-state index contributed by atoms with van der Waals surface area (Å²) in [5, 5.41) is 10.3. The number of hydrogen-bond acceptors (Lipinski definition) is 2. The second-order valence-electron chi connectivity index (χ2n) is 6.67. The van der Waals surface area contributed by atoms with Crippen molar-refractivity contribution in [2.45, 2.75) is 52.1 Å². The van der Waals surface area contributed by atoms with E-state index in [1.165, 1.54) is 31.5 Å². The summed E-state index contributed by atoms with van der Waals surface area (Å²) in [5.74, 6) is 1.36. The minimum absolute atomic E-state index is 0.326. The molecule has 1 heterocycles. The molecular formula is C18H29NO. The lowest BCUT2D eigenvalue weighted by atomic mass is 9.98. The van der Waals surface area contributed by atoms with Crippen molar-refractivity contribution in [1.29, 1.82) is 0 Å². The highest BCUT2D eigenvalue weighted by atomic mass is 16.3. The molecule has 20 heavy (non-hydrogen) atoms. The molecule has 2 nitrogen and oxygen atoms in total. The van der Waals surface area contributed by atoms with E-state index in [4.69, 9.17) is 0 Å². The van der Waals surface area contributed by atoms with Gasteiger partial charge in [0.15, 0.2) is 0 Å². The van der Waals surface area contributed by atoms with E-state index in [0.717, 1.165) is 24.4 Å². The molecule has 0 spiro atoms. The van der Waals surface area contributed by atoms with Crippen LogP contribution in [0.15, 0.2) is 24.3 Å². The van der Waals surface area contributed by atoms with Crippen LogP contribution in [-0.2, 0) is 0 Å². The first-order chi connectivity index (χ1) is 9.56. The molecular weight excluding hydrogens is 246 g/mol. The molecule has 0 saturated carbocycles. The van der Waals surface area contributed by atoms with Crippen LogP contribution in [0.1, 0.15) is 63.2 Å². The molecule has 0 aliphatic carbocycles. The van der Waals surface area contributed by atoms with E-state index in [2.05, 4.69) is 49.9 Å². The van der Waals surface area contributed by atoms with Crippen LogP contribution < -0.4 is 0 Å². The van der Waals surface area contributed by atoms with E-state index in [-0.39, 0.29) is 6.10 Å². The summed E-state index contributed by atoms with van der Waals surface area (Å²) in [7, 11) is 0. The Morgan fingerprint density at radius 2 is 1.85 bits per heavy atom. The summed E-state index contributed by atoms with van der Waals surface area (Å²) < 4.78 is 0. The van der Waals surface area contributed by atoms with Crippen molar-refractivity contribution in [3.63, 3.8) is 0 Å². The zero-order valence-electron chi connectivity index (χ0n) is 13.2. The van der Waals surface area contributed by atoms with E-state index < -0.39 is 0 Å². The smallest absolute Gasteiger partial charge is 0.0802 e. The third-order valence-corrected chi connectivity index (χ3v) is 4.45. The van der Waals surface area contributed by atoms with Crippen LogP contribution in [0.25, 0.3) is 0 Å². The molecule has 0 amide bonds. The molecule has 1 aliphatic rings. The zero-order chi connectivity index (χ0) is 14.5. The Morgan fingerprint density at radius 3 is 2.45 bits per heavy atom. The molecule has 2 heteroatoms. The molecule has 2 unspecified atom stereocenters. The molecule has 1 aromatic carbocycles. The molecule has 1 aliphatic heterocycles. The van der Waals surface area contributed by atoms with Gasteiger partial charge in [-0.2, -0.15) is 0 Å². The van der Waals surface area contributed by atoms with Crippen LogP contribution in [0.5, 0.6) is 0 Å². The third-order valence-electron chi connectivity index (χ3n) is 4.45. The highest BCUT2D eigenvalue weighted by molar-refractivity contribution is 5.26. The highest BCUT2D eigenvalue weighted by Gasteiger charge is 2.17. The number of rotatable bonds is 5. The number of hydrogen-bond donors (Lipinski definition) is 1. The summed E-state index contributed by atoms with van der Waals surface area (Å²) in [4.78, 5) is 2.50. The fourth-order valence-corrected chi connectivity index (χ4v) is 3.06. The van der Waals surface area contributed by atoms with Crippen LogP contribution in [0.2, 0.25) is 0 Å². The van der Waals surface area contributed by atoms with E-state index in [0.29, 0.717) is 5.92 Å². The average Bonchev–Trinajstić information content (AvgIpc) is 2.45. The quantitative estimate of drug-likeness (QED) is 0.879. The maximum absolute atomic E-state index is 10.3. The Morgan fingerprint density at radius 1 is 1.20 bits per heavy atom. The SMILES string of the molecule is CC1CCCN(CCC(O)c2ccc(C(C)C)cc2)C1. The maximum atomic E-state index is 10.3. The maximum Gasteiger partial charge on any atom is 0.0802 e. The van der Waals surface area contributed by atoms with Gasteiger partial charge in [-0.15, -0.1) is 0 Å². The van der Waals surface area contributed by atoms with Gasteiger partial charge in [-0.25, -0.2) is 0 Å². The Hall–Kier alpha value is -0.860. The number of aliphatic hydroxyl groups excluding tert-OH is 1. The molecule has 1 N–H and O–H groups in total. The normalized spacial score (nSPS) is 22.1. The molecule has 2 atom stereocenters. The molecule has 0 bridgehead atoms. The van der Waals surface area contributed by atoms with Gasteiger partial charge in [0.2, 0.25) is 0 Å². The van der Waals surface area contributed by atoms with Crippen LogP contribution in [0, 0.1) is 5.92 Å². The highest BCUT2D eigenvalue weighted by Crippen LogP contribution is 2.22. The number of benzene rings is 1. The van der Waals surface area contributed by atoms with Gasteiger partial charge >= 0.3 is 0 Å². The van der Waals surface area contributed by atoms with Crippen molar-refractivity contribution in [2.75, 3.05) is 19.6 Å². The van der Waals surface area contributed by atoms with E-state index in [1.54, 1.807) is 0 Å². The number of piperidine rings is 1. The van der Waals surface area contributed by atoms with Crippen molar-refractivity contribution in [3.05, 3.63) is 35.4 Å². The predicted octanol–water partition coefficient (Wildman–Crippen LogP) is 3.97. The lowest BCUT2D eigenvalue weighted by molar-refractivity contribution is 0.122. The minimum atomic E-state index is -0.326. The molecule has 1 aromatic rings. The monoisotopic (exact) mass is 275 g/mol. The predicted molar refractivity (Wildman–Crippen MR) is 84.9 cm³/mol. The molecule has 2 rings (SSSR count). The summed E-state index contributed by atoms with van der Waals surface area (Å²) in [6.45, 7) is 10.1. The molecule has 0 radical (unpaired) electrons. The topological polar surface area (TPSA) is 23.5 Å². The molecule has 1 saturated heterocycles. The van der Waals surface area contributed by atoms with Crippen molar-refractivity contribution < 1.29 is 5.11 Å². The first-order valence-corrected chi connectivity index (χ1v) is 8.06. The zero-order valence-corrected chi connectivity index (χ0v) is 13.2. The van der Waals surface area contributed by atoms with Gasteiger partial charge in [-0.1, -0.05) is 45.0 Å². The van der Waals surface area contributed by atoms with E-state index >= 15 is 0 Å². The molecule has 1 fully saturated rings. The van der Waals surface area contributed by atoms with Crippen LogP contribution in [0.4, 0.5) is 0 Å². The van der Waals surface area contributed by atoms with Gasteiger partial charge in [0.05, 0.1) is 6.10 Å². The van der Waals surface area contributed by atoms with Crippen LogP contribution >= 0.6 is 0 Å². The minimum Gasteiger partial charge on any atom is -0.388 e. The van der Waals surface area contributed by atoms with E-state index in [9.17, 15) is 5.11 Å². The lowest BCUT2D eigenvalue weighted by Gasteiger charge is -2.31. The second kappa shape index (κ2) is 7.24. The molecule has 0 aromatic heterocycles. The Kier molecular flexibility index (Phi) is 5.62. The fourth-order valence-electron chi connectivity index (χ4n) is 3.06. The second-order valence-corrected chi connectivity index (χ2v) is 6.67. The lowest BCUT2D eigenvalue weighted by Crippen LogP contribution is -2.35.